The van der Waals surface area contributed by atoms with E-state index in [-0.39, 0.29) is 27.9 Å². The maximum absolute atomic E-state index is 13.3. The summed E-state index contributed by atoms with van der Waals surface area (Å²) in [6.07, 6.45) is 0. The SMILES string of the molecule is Cc1csc(-c2c3c(=O)n(C)c(=O)n(C)c3c3n2C[C@H](CO)S[C@@H]3c2ccc(Cl)o2)n1. The highest BCUT2D eigenvalue weighted by Crippen LogP contribution is 2.49. The Labute approximate surface area is 189 Å². The third-order valence-corrected chi connectivity index (χ3v) is 8.13. The molecule has 0 fully saturated rings. The molecule has 0 amide bonds. The predicted octanol–water partition coefficient (Wildman–Crippen LogP) is 2.91. The first-order valence-corrected chi connectivity index (χ1v) is 11.8. The molecule has 1 aliphatic heterocycles. The molecular formula is C20H19ClN4O4S2. The van der Waals surface area contributed by atoms with Gasteiger partial charge in [0.25, 0.3) is 5.56 Å². The van der Waals surface area contributed by atoms with Gasteiger partial charge in [-0.15, -0.1) is 23.1 Å². The molecule has 1 N–H and O–H groups in total. The van der Waals surface area contributed by atoms with E-state index in [4.69, 9.17) is 16.0 Å². The van der Waals surface area contributed by atoms with E-state index in [1.54, 1.807) is 19.2 Å². The number of rotatable bonds is 3. The molecule has 0 spiro atoms. The molecule has 4 aromatic rings. The van der Waals surface area contributed by atoms with Gasteiger partial charge in [0, 0.05) is 37.0 Å². The molecule has 0 saturated heterocycles. The van der Waals surface area contributed by atoms with Crippen molar-refractivity contribution < 1.29 is 9.52 Å². The summed E-state index contributed by atoms with van der Waals surface area (Å²) in [6.45, 7) is 2.33. The average Bonchev–Trinajstić information content (AvgIpc) is 3.46. The van der Waals surface area contributed by atoms with Gasteiger partial charge in [-0.1, -0.05) is 0 Å². The van der Waals surface area contributed by atoms with Gasteiger partial charge in [0.1, 0.15) is 16.0 Å². The van der Waals surface area contributed by atoms with Crippen LogP contribution in [-0.2, 0) is 20.6 Å². The lowest BCUT2D eigenvalue weighted by atomic mass is 10.2. The molecular weight excluding hydrogens is 460 g/mol. The fourth-order valence-corrected chi connectivity index (χ4v) is 6.50. The van der Waals surface area contributed by atoms with E-state index in [0.29, 0.717) is 33.9 Å². The maximum Gasteiger partial charge on any atom is 0.331 e. The number of fused-ring (bicyclic) bond motifs is 3. The van der Waals surface area contributed by atoms with Crippen LogP contribution in [0.3, 0.4) is 0 Å². The van der Waals surface area contributed by atoms with Crippen LogP contribution in [-0.4, -0.2) is 35.6 Å². The largest absolute Gasteiger partial charge is 0.448 e. The Bertz CT molecular complexity index is 1440. The van der Waals surface area contributed by atoms with Crippen molar-refractivity contribution in [3.05, 3.63) is 60.7 Å². The fraction of sp³-hybridized carbons (Fsp3) is 0.350. The summed E-state index contributed by atoms with van der Waals surface area (Å²) in [5.74, 6) is 0.601. The Morgan fingerprint density at radius 2 is 2.06 bits per heavy atom. The minimum Gasteiger partial charge on any atom is -0.448 e. The van der Waals surface area contributed by atoms with E-state index < -0.39 is 5.69 Å². The van der Waals surface area contributed by atoms with Crippen LogP contribution in [0, 0.1) is 6.92 Å². The lowest BCUT2D eigenvalue weighted by Crippen LogP contribution is -2.37. The number of aliphatic hydroxyl groups is 1. The zero-order valence-corrected chi connectivity index (χ0v) is 19.3. The molecule has 4 aromatic heterocycles. The molecule has 11 heteroatoms. The molecule has 0 bridgehead atoms. The molecule has 31 heavy (non-hydrogen) atoms. The van der Waals surface area contributed by atoms with Gasteiger partial charge in [-0.25, -0.2) is 9.78 Å². The predicted molar refractivity (Wildman–Crippen MR) is 122 cm³/mol. The summed E-state index contributed by atoms with van der Waals surface area (Å²) in [5, 5.41) is 12.8. The zero-order chi connectivity index (χ0) is 22.0. The number of aliphatic hydroxyl groups excluding tert-OH is 1. The molecule has 0 unspecified atom stereocenters. The van der Waals surface area contributed by atoms with E-state index >= 15 is 0 Å². The maximum atomic E-state index is 13.3. The van der Waals surface area contributed by atoms with E-state index in [9.17, 15) is 14.7 Å². The number of nitrogens with zero attached hydrogens (tertiary/aromatic N) is 4. The van der Waals surface area contributed by atoms with Crippen LogP contribution in [0.4, 0.5) is 0 Å². The van der Waals surface area contributed by atoms with Crippen LogP contribution in [0.1, 0.15) is 22.4 Å². The zero-order valence-electron chi connectivity index (χ0n) is 17.0. The van der Waals surface area contributed by atoms with Crippen LogP contribution in [0.5, 0.6) is 0 Å². The van der Waals surface area contributed by atoms with E-state index in [1.807, 2.05) is 16.9 Å². The third kappa shape index (κ3) is 3.04. The first kappa shape index (κ1) is 20.6. The van der Waals surface area contributed by atoms with Gasteiger partial charge in [0.05, 0.1) is 28.9 Å². The number of hydrogen-bond donors (Lipinski definition) is 1. The number of hydrogen-bond acceptors (Lipinski definition) is 7. The first-order valence-electron chi connectivity index (χ1n) is 9.58. The van der Waals surface area contributed by atoms with Crippen LogP contribution in [0.2, 0.25) is 5.22 Å². The Hall–Kier alpha value is -2.27. The molecule has 0 aromatic carbocycles. The molecule has 8 nitrogen and oxygen atoms in total. The molecule has 5 rings (SSSR count). The van der Waals surface area contributed by atoms with Gasteiger partial charge in [0.2, 0.25) is 0 Å². The number of thiazole rings is 1. The van der Waals surface area contributed by atoms with Crippen molar-refractivity contribution in [3.8, 4) is 10.7 Å². The fourth-order valence-electron chi connectivity index (χ4n) is 4.16. The highest BCUT2D eigenvalue weighted by atomic mass is 35.5. The minimum atomic E-state index is -0.404. The highest BCUT2D eigenvalue weighted by Gasteiger charge is 2.38. The summed E-state index contributed by atoms with van der Waals surface area (Å²) in [7, 11) is 3.14. The highest BCUT2D eigenvalue weighted by molar-refractivity contribution is 8.00. The van der Waals surface area contributed by atoms with Crippen LogP contribution < -0.4 is 11.2 Å². The van der Waals surface area contributed by atoms with Crippen LogP contribution in [0.25, 0.3) is 21.6 Å². The van der Waals surface area contributed by atoms with E-state index in [2.05, 4.69) is 4.98 Å². The second-order valence-corrected chi connectivity index (χ2v) is 10.2. The third-order valence-electron chi connectivity index (χ3n) is 5.55. The molecule has 2 atom stereocenters. The topological polar surface area (TPSA) is 95.2 Å². The van der Waals surface area contributed by atoms with Gasteiger partial charge in [-0.2, -0.15) is 0 Å². The number of halogens is 1. The van der Waals surface area contributed by atoms with Crippen molar-refractivity contribution in [3.63, 3.8) is 0 Å². The first-order chi connectivity index (χ1) is 14.8. The normalized spacial score (nSPS) is 18.6. The standard InChI is InChI=1S/C20H19ClN4O4S2/c1-9-8-30-18(22-9)15-13-14(23(2)20(28)24(3)19(13)27)16-17(11-4-5-12(21)29-11)31-10(7-26)6-25(15)16/h4-5,8,10,17,26H,6-7H2,1-3H3/t10-,17-/m1/s1. The van der Waals surface area contributed by atoms with E-state index in [1.165, 1.54) is 34.7 Å². The average molecular weight is 479 g/mol. The molecule has 0 aliphatic carbocycles. The van der Waals surface area contributed by atoms with E-state index in [0.717, 1.165) is 16.0 Å². The lowest BCUT2D eigenvalue weighted by Gasteiger charge is -2.30. The van der Waals surface area contributed by atoms with Crippen molar-refractivity contribution in [1.82, 2.24) is 18.7 Å². The van der Waals surface area contributed by atoms with Crippen molar-refractivity contribution in [2.75, 3.05) is 6.61 Å². The van der Waals surface area contributed by atoms with Gasteiger partial charge >= 0.3 is 5.69 Å². The van der Waals surface area contributed by atoms with Crippen LogP contribution in [0.15, 0.2) is 31.5 Å². The summed E-state index contributed by atoms with van der Waals surface area (Å²) >= 11 is 9.03. The Morgan fingerprint density at radius 3 is 2.68 bits per heavy atom. The number of aryl methyl sites for hydroxylation is 2. The van der Waals surface area contributed by atoms with Gasteiger partial charge in [-0.05, 0) is 30.7 Å². The Kier molecular flexibility index (Phi) is 4.93. The Morgan fingerprint density at radius 1 is 1.29 bits per heavy atom. The molecule has 162 valence electrons. The lowest BCUT2D eigenvalue weighted by molar-refractivity contribution is 0.283. The van der Waals surface area contributed by atoms with Crippen molar-refractivity contribution in [2.24, 2.45) is 14.1 Å². The monoisotopic (exact) mass is 478 g/mol. The van der Waals surface area contributed by atoms with Crippen molar-refractivity contribution >= 4 is 45.6 Å². The number of furan rings is 1. The van der Waals surface area contributed by atoms with Crippen molar-refractivity contribution in [2.45, 2.75) is 24.0 Å². The van der Waals surface area contributed by atoms with Gasteiger partial charge in [0.15, 0.2) is 5.22 Å². The van der Waals surface area contributed by atoms with Crippen molar-refractivity contribution in [1.29, 1.82) is 0 Å². The Balaban J connectivity index is 1.96. The summed E-state index contributed by atoms with van der Waals surface area (Å²) in [6, 6.07) is 3.45. The van der Waals surface area contributed by atoms with Gasteiger partial charge in [-0.3, -0.25) is 13.9 Å². The molecule has 0 saturated carbocycles. The summed E-state index contributed by atoms with van der Waals surface area (Å²) in [5.41, 5.74) is 2.07. The molecule has 5 heterocycles. The molecule has 1 aliphatic rings. The number of aromatic nitrogens is 4. The number of thioether (sulfide) groups is 1. The quantitative estimate of drug-likeness (QED) is 0.486. The molecule has 0 radical (unpaired) electrons. The second kappa shape index (κ2) is 7.40. The summed E-state index contributed by atoms with van der Waals surface area (Å²) < 4.78 is 10.4. The second-order valence-electron chi connectivity index (χ2n) is 7.53. The van der Waals surface area contributed by atoms with Crippen LogP contribution >= 0.6 is 34.7 Å². The summed E-state index contributed by atoms with van der Waals surface area (Å²) in [4.78, 5) is 30.8. The minimum absolute atomic E-state index is 0.0448. The van der Waals surface area contributed by atoms with Gasteiger partial charge < -0.3 is 14.1 Å². The smallest absolute Gasteiger partial charge is 0.331 e.